The molecule has 0 bridgehead atoms. The van der Waals surface area contributed by atoms with Crippen LogP contribution in [0.5, 0.6) is 0 Å². The second-order valence-corrected chi connectivity index (χ2v) is 7.78. The van der Waals surface area contributed by atoms with Gasteiger partial charge in [-0.05, 0) is 30.3 Å². The first-order valence-electron chi connectivity index (χ1n) is 10.4. The van der Waals surface area contributed by atoms with E-state index in [2.05, 4.69) is 10.2 Å². The Kier molecular flexibility index (Phi) is 5.28. The summed E-state index contributed by atoms with van der Waals surface area (Å²) in [6.07, 6.45) is -3.45. The largest absolute Gasteiger partial charge is 0.416 e. The summed E-state index contributed by atoms with van der Waals surface area (Å²) >= 11 is 0. The number of hydrogen-bond acceptors (Lipinski definition) is 5. The van der Waals surface area contributed by atoms with Gasteiger partial charge in [0, 0.05) is 11.1 Å². The van der Waals surface area contributed by atoms with Crippen LogP contribution in [0.25, 0.3) is 5.69 Å². The zero-order chi connectivity index (χ0) is 24.7. The van der Waals surface area contributed by atoms with Crippen molar-refractivity contribution < 1.29 is 27.6 Å². The minimum atomic E-state index is -4.67. The van der Waals surface area contributed by atoms with Crippen LogP contribution in [0, 0.1) is 0 Å². The first kappa shape index (κ1) is 22.2. The van der Waals surface area contributed by atoms with Crippen LogP contribution in [0.2, 0.25) is 0 Å². The Labute approximate surface area is 196 Å². The lowest BCUT2D eigenvalue weighted by molar-refractivity contribution is -0.137. The molecule has 5 rings (SSSR count). The van der Waals surface area contributed by atoms with Gasteiger partial charge >= 0.3 is 6.18 Å². The molecule has 0 unspecified atom stereocenters. The summed E-state index contributed by atoms with van der Waals surface area (Å²) in [5, 5.41) is 7.78. The molecule has 0 radical (unpaired) electrons. The Morgan fingerprint density at radius 2 is 1.49 bits per heavy atom. The Hall–Kier alpha value is -4.60. The van der Waals surface area contributed by atoms with Crippen LogP contribution in [0.15, 0.2) is 79.1 Å². The maximum Gasteiger partial charge on any atom is 0.416 e. The molecule has 0 N–H and O–H groups in total. The van der Waals surface area contributed by atoms with Gasteiger partial charge in [-0.3, -0.25) is 23.9 Å². The molecule has 0 atom stereocenters. The van der Waals surface area contributed by atoms with Gasteiger partial charge in [0.15, 0.2) is 11.6 Å². The highest BCUT2D eigenvalue weighted by Gasteiger charge is 2.36. The van der Waals surface area contributed by atoms with E-state index < -0.39 is 29.3 Å². The third-order valence-electron chi connectivity index (χ3n) is 5.66. The van der Waals surface area contributed by atoms with Crippen molar-refractivity contribution in [3.05, 3.63) is 113 Å². The van der Waals surface area contributed by atoms with Crippen molar-refractivity contribution in [1.29, 1.82) is 0 Å². The van der Waals surface area contributed by atoms with Crippen molar-refractivity contribution in [3.63, 3.8) is 0 Å². The molecule has 0 fully saturated rings. The molecule has 1 aromatic heterocycles. The van der Waals surface area contributed by atoms with Crippen molar-refractivity contribution in [3.8, 4) is 5.69 Å². The van der Waals surface area contributed by atoms with Crippen molar-refractivity contribution >= 4 is 17.6 Å². The molecule has 35 heavy (non-hydrogen) atoms. The lowest BCUT2D eigenvalue weighted by Gasteiger charge is -2.17. The van der Waals surface area contributed by atoms with E-state index in [4.69, 9.17) is 0 Å². The fourth-order valence-electron chi connectivity index (χ4n) is 3.94. The maximum atomic E-state index is 13.4. The van der Waals surface area contributed by atoms with Crippen LogP contribution < -0.4 is 0 Å². The van der Waals surface area contributed by atoms with E-state index >= 15 is 0 Å². The van der Waals surface area contributed by atoms with Gasteiger partial charge in [-0.1, -0.05) is 42.5 Å². The van der Waals surface area contributed by atoms with E-state index in [1.54, 1.807) is 30.3 Å². The molecule has 2 amide bonds. The summed E-state index contributed by atoms with van der Waals surface area (Å²) in [6, 6.07) is 17.0. The van der Waals surface area contributed by atoms with Gasteiger partial charge in [-0.2, -0.15) is 13.2 Å². The highest BCUT2D eigenvalue weighted by atomic mass is 19.4. The first-order chi connectivity index (χ1) is 16.8. The van der Waals surface area contributed by atoms with Crippen LogP contribution in [0.1, 0.15) is 48.0 Å². The summed E-state index contributed by atoms with van der Waals surface area (Å²) in [6.45, 7) is -0.285. The normalized spacial score (nSPS) is 13.3. The summed E-state index contributed by atoms with van der Waals surface area (Å²) < 4.78 is 41.7. The number of fused-ring (bicyclic) bond motifs is 1. The van der Waals surface area contributed by atoms with Crippen LogP contribution in [0.3, 0.4) is 0 Å². The number of hydrogen-bond donors (Lipinski definition) is 0. The van der Waals surface area contributed by atoms with E-state index in [0.717, 1.165) is 23.1 Å². The Bertz CT molecular complexity index is 1440. The zero-order valence-electron chi connectivity index (χ0n) is 17.9. The lowest BCUT2D eigenvalue weighted by atomic mass is 9.99. The second kappa shape index (κ2) is 8.32. The van der Waals surface area contributed by atoms with Crippen molar-refractivity contribution in [1.82, 2.24) is 19.7 Å². The molecule has 174 valence electrons. The number of carbonyl (C=O) groups is 3. The van der Waals surface area contributed by atoms with Gasteiger partial charge in [0.2, 0.25) is 0 Å². The predicted molar refractivity (Wildman–Crippen MR) is 117 cm³/mol. The number of imide groups is 1. The number of carbonyl (C=O) groups excluding carboxylic acids is 3. The van der Waals surface area contributed by atoms with Crippen molar-refractivity contribution in [2.24, 2.45) is 0 Å². The van der Waals surface area contributed by atoms with E-state index in [-0.39, 0.29) is 40.3 Å². The molecular weight excluding hydrogens is 461 g/mol. The molecule has 1 aliphatic heterocycles. The minimum Gasteiger partial charge on any atom is -0.289 e. The Balaban J connectivity index is 1.57. The highest BCUT2D eigenvalue weighted by Crippen LogP contribution is 2.33. The number of aromatic nitrogens is 3. The predicted octanol–water partition coefficient (Wildman–Crippen LogP) is 4.31. The average Bonchev–Trinajstić information content (AvgIpc) is 3.42. The number of halogens is 3. The Morgan fingerprint density at radius 3 is 2.11 bits per heavy atom. The SMILES string of the molecule is O=C(c1ccccc1)c1cc(C(F)(F)F)ccc1-n1cnnc1CN1C(=O)c2ccccc2C1=O. The second-order valence-electron chi connectivity index (χ2n) is 7.78. The number of rotatable bonds is 5. The van der Waals surface area contributed by atoms with Crippen LogP contribution >= 0.6 is 0 Å². The quantitative estimate of drug-likeness (QED) is 0.317. The summed E-state index contributed by atoms with van der Waals surface area (Å²) in [5.41, 5.74) is -0.437. The van der Waals surface area contributed by atoms with E-state index in [1.165, 1.54) is 35.2 Å². The average molecular weight is 476 g/mol. The molecule has 0 aliphatic carbocycles. The summed E-state index contributed by atoms with van der Waals surface area (Å²) in [7, 11) is 0. The maximum absolute atomic E-state index is 13.4. The number of benzene rings is 3. The Morgan fingerprint density at radius 1 is 0.857 bits per heavy atom. The fourth-order valence-corrected chi connectivity index (χ4v) is 3.94. The van der Waals surface area contributed by atoms with Gasteiger partial charge in [0.1, 0.15) is 6.33 Å². The number of ketones is 1. The zero-order valence-corrected chi connectivity index (χ0v) is 17.9. The molecule has 10 heteroatoms. The highest BCUT2D eigenvalue weighted by molar-refractivity contribution is 6.21. The fraction of sp³-hybridized carbons (Fsp3) is 0.0800. The summed E-state index contributed by atoms with van der Waals surface area (Å²) in [4.78, 5) is 39.7. The molecule has 4 aromatic rings. The molecule has 1 aliphatic rings. The number of amides is 2. The van der Waals surface area contributed by atoms with E-state index in [0.29, 0.717) is 0 Å². The van der Waals surface area contributed by atoms with Crippen LogP contribution in [0.4, 0.5) is 13.2 Å². The molecule has 2 heterocycles. The smallest absolute Gasteiger partial charge is 0.289 e. The van der Waals surface area contributed by atoms with Crippen molar-refractivity contribution in [2.45, 2.75) is 12.7 Å². The van der Waals surface area contributed by atoms with Gasteiger partial charge in [0.25, 0.3) is 11.8 Å². The number of nitrogens with zero attached hydrogens (tertiary/aromatic N) is 4. The van der Waals surface area contributed by atoms with Crippen molar-refractivity contribution in [2.75, 3.05) is 0 Å². The third-order valence-corrected chi connectivity index (χ3v) is 5.66. The molecular formula is C25H15F3N4O3. The third kappa shape index (κ3) is 3.88. The molecule has 7 nitrogen and oxygen atoms in total. The minimum absolute atomic E-state index is 0.0865. The molecule has 0 saturated heterocycles. The van der Waals surface area contributed by atoms with Gasteiger partial charge < -0.3 is 0 Å². The number of alkyl halides is 3. The van der Waals surface area contributed by atoms with Crippen LogP contribution in [-0.4, -0.2) is 37.3 Å². The topological polar surface area (TPSA) is 85.2 Å². The first-order valence-corrected chi connectivity index (χ1v) is 10.4. The molecule has 3 aromatic carbocycles. The summed E-state index contributed by atoms with van der Waals surface area (Å²) in [5.74, 6) is -1.57. The monoisotopic (exact) mass is 476 g/mol. The molecule has 0 saturated carbocycles. The van der Waals surface area contributed by atoms with Gasteiger partial charge in [-0.25, -0.2) is 0 Å². The standard InChI is InChI=1S/C25H15F3N4O3/c26-25(27,28)16-10-11-20(19(12-16)22(33)15-6-2-1-3-7-15)32-14-29-30-21(32)13-31-23(34)17-8-4-5-9-18(17)24(31)35/h1-12,14H,13H2. The van der Waals surface area contributed by atoms with Gasteiger partial charge in [0.05, 0.1) is 28.9 Å². The molecule has 0 spiro atoms. The van der Waals surface area contributed by atoms with E-state index in [1.807, 2.05) is 0 Å². The van der Waals surface area contributed by atoms with Gasteiger partial charge in [-0.15, -0.1) is 10.2 Å². The van der Waals surface area contributed by atoms with Crippen LogP contribution in [-0.2, 0) is 12.7 Å². The lowest BCUT2D eigenvalue weighted by Crippen LogP contribution is -2.30. The van der Waals surface area contributed by atoms with E-state index in [9.17, 15) is 27.6 Å².